The van der Waals surface area contributed by atoms with Gasteiger partial charge in [-0.05, 0) is 12.1 Å². The molecule has 0 spiro atoms. The van der Waals surface area contributed by atoms with E-state index in [-0.39, 0.29) is 17.2 Å². The molecule has 1 aromatic carbocycles. The van der Waals surface area contributed by atoms with E-state index in [9.17, 15) is 13.6 Å². The highest BCUT2D eigenvalue weighted by Crippen LogP contribution is 2.42. The molecule has 0 aliphatic heterocycles. The molecule has 0 saturated carbocycles. The van der Waals surface area contributed by atoms with Crippen LogP contribution >= 0.6 is 0 Å². The highest BCUT2D eigenvalue weighted by atomic mass is 19.3. The van der Waals surface area contributed by atoms with Crippen LogP contribution in [0.3, 0.4) is 0 Å². The van der Waals surface area contributed by atoms with Crippen molar-refractivity contribution < 1.29 is 32.9 Å². The third-order valence-corrected chi connectivity index (χ3v) is 2.30. The van der Waals surface area contributed by atoms with Gasteiger partial charge in [-0.25, -0.2) is 4.79 Å². The molecule has 1 rings (SSSR count). The van der Waals surface area contributed by atoms with E-state index in [0.717, 1.165) is 12.1 Å². The van der Waals surface area contributed by atoms with Gasteiger partial charge in [0.05, 0.1) is 21.3 Å². The maximum absolute atomic E-state index is 13.4. The van der Waals surface area contributed by atoms with Crippen LogP contribution in [0.2, 0.25) is 0 Å². The van der Waals surface area contributed by atoms with E-state index in [1.54, 1.807) is 0 Å². The number of benzene rings is 1. The molecular formula is C11H12F2O5. The summed E-state index contributed by atoms with van der Waals surface area (Å²) in [5.41, 5.74) is -0.746. The summed E-state index contributed by atoms with van der Waals surface area (Å²) in [6.07, 6.45) is 0. The minimum Gasteiger partial charge on any atom is -0.493 e. The van der Waals surface area contributed by atoms with Crippen LogP contribution in [-0.4, -0.2) is 32.4 Å². The van der Waals surface area contributed by atoms with Gasteiger partial charge in [-0.15, -0.1) is 0 Å². The van der Waals surface area contributed by atoms with Crippen molar-refractivity contribution in [3.63, 3.8) is 0 Å². The lowest BCUT2D eigenvalue weighted by atomic mass is 10.1. The normalized spacial score (nSPS) is 10.9. The zero-order valence-electron chi connectivity index (χ0n) is 9.99. The van der Waals surface area contributed by atoms with Gasteiger partial charge in [0.25, 0.3) is 0 Å². The summed E-state index contributed by atoms with van der Waals surface area (Å²) in [4.78, 5) is 10.5. The van der Waals surface area contributed by atoms with Crippen LogP contribution in [0.15, 0.2) is 12.1 Å². The van der Waals surface area contributed by atoms with Crippen LogP contribution in [0.25, 0.3) is 0 Å². The fourth-order valence-electron chi connectivity index (χ4n) is 1.39. The van der Waals surface area contributed by atoms with Gasteiger partial charge >= 0.3 is 11.9 Å². The molecule has 100 valence electrons. The number of ether oxygens (including phenoxy) is 3. The average molecular weight is 262 g/mol. The van der Waals surface area contributed by atoms with Gasteiger partial charge in [-0.2, -0.15) is 8.78 Å². The molecule has 0 bridgehead atoms. The molecule has 1 aromatic rings. The summed E-state index contributed by atoms with van der Waals surface area (Å²) in [6, 6.07) is 1.80. The highest BCUT2D eigenvalue weighted by Gasteiger charge is 2.42. The van der Waals surface area contributed by atoms with E-state index in [2.05, 4.69) is 0 Å². The molecule has 0 aromatic heterocycles. The summed E-state index contributed by atoms with van der Waals surface area (Å²) >= 11 is 0. The summed E-state index contributed by atoms with van der Waals surface area (Å²) in [6.45, 7) is 0. The Bertz CT molecular complexity index is 434. The fourth-order valence-corrected chi connectivity index (χ4v) is 1.39. The quantitative estimate of drug-likeness (QED) is 0.877. The molecular weight excluding hydrogens is 250 g/mol. The van der Waals surface area contributed by atoms with Crippen molar-refractivity contribution >= 4 is 5.97 Å². The largest absolute Gasteiger partial charge is 0.493 e. The minimum atomic E-state index is -4.03. The second-order valence-corrected chi connectivity index (χ2v) is 3.29. The maximum atomic E-state index is 13.4. The molecule has 0 saturated heterocycles. The first-order valence-electron chi connectivity index (χ1n) is 4.80. The van der Waals surface area contributed by atoms with Gasteiger partial charge in [0.1, 0.15) is 0 Å². The molecule has 1 N–H and O–H groups in total. The summed E-state index contributed by atoms with van der Waals surface area (Å²) in [5.74, 6) is -6.24. The van der Waals surface area contributed by atoms with Crippen LogP contribution in [0.1, 0.15) is 5.56 Å². The van der Waals surface area contributed by atoms with Crippen molar-refractivity contribution in [3.05, 3.63) is 17.7 Å². The van der Waals surface area contributed by atoms with E-state index < -0.39 is 17.5 Å². The number of halogens is 2. The van der Waals surface area contributed by atoms with Gasteiger partial charge < -0.3 is 19.3 Å². The summed E-state index contributed by atoms with van der Waals surface area (Å²) in [5, 5.41) is 8.49. The van der Waals surface area contributed by atoms with Crippen molar-refractivity contribution in [1.82, 2.24) is 0 Å². The number of carbonyl (C=O) groups is 1. The average Bonchev–Trinajstić information content (AvgIpc) is 2.36. The number of hydrogen-bond acceptors (Lipinski definition) is 4. The Morgan fingerprint density at radius 1 is 1.11 bits per heavy atom. The van der Waals surface area contributed by atoms with E-state index in [0.29, 0.717) is 0 Å². The molecule has 0 heterocycles. The molecule has 5 nitrogen and oxygen atoms in total. The lowest BCUT2D eigenvalue weighted by molar-refractivity contribution is -0.166. The van der Waals surface area contributed by atoms with Gasteiger partial charge in [-0.3, -0.25) is 0 Å². The van der Waals surface area contributed by atoms with E-state index in [1.807, 2.05) is 0 Å². The Labute approximate surface area is 102 Å². The molecule has 0 atom stereocenters. The molecule has 7 heteroatoms. The topological polar surface area (TPSA) is 65.0 Å². The first kappa shape index (κ1) is 14.0. The Morgan fingerprint density at radius 3 is 1.83 bits per heavy atom. The van der Waals surface area contributed by atoms with Crippen LogP contribution in [0, 0.1) is 0 Å². The van der Waals surface area contributed by atoms with Gasteiger partial charge in [0.15, 0.2) is 11.5 Å². The van der Waals surface area contributed by atoms with Crippen molar-refractivity contribution in [3.8, 4) is 17.2 Å². The van der Waals surface area contributed by atoms with Crippen LogP contribution in [0.5, 0.6) is 17.2 Å². The second kappa shape index (κ2) is 5.07. The van der Waals surface area contributed by atoms with Gasteiger partial charge in [0, 0.05) is 5.56 Å². The lowest BCUT2D eigenvalue weighted by Crippen LogP contribution is -2.25. The van der Waals surface area contributed by atoms with Crippen LogP contribution < -0.4 is 14.2 Å². The predicted octanol–water partition coefficient (Wildman–Crippen LogP) is 1.89. The predicted molar refractivity (Wildman–Crippen MR) is 57.6 cm³/mol. The van der Waals surface area contributed by atoms with Crippen molar-refractivity contribution in [2.24, 2.45) is 0 Å². The standard InChI is InChI=1S/C11H12F2O5/c1-16-7-4-6(11(12,13)10(14)15)5-8(17-2)9(7)18-3/h4-5H,1-3H3,(H,14,15). The molecule has 18 heavy (non-hydrogen) atoms. The zero-order valence-corrected chi connectivity index (χ0v) is 9.99. The molecule has 0 amide bonds. The molecule has 0 fully saturated rings. The summed E-state index contributed by atoms with van der Waals surface area (Å²) < 4.78 is 41.5. The fraction of sp³-hybridized carbons (Fsp3) is 0.364. The number of methoxy groups -OCH3 is 3. The van der Waals surface area contributed by atoms with Crippen molar-refractivity contribution in [2.75, 3.05) is 21.3 Å². The Hall–Kier alpha value is -2.05. The first-order valence-corrected chi connectivity index (χ1v) is 4.80. The minimum absolute atomic E-state index is 0.0345. The maximum Gasteiger partial charge on any atom is 0.379 e. The van der Waals surface area contributed by atoms with E-state index >= 15 is 0 Å². The smallest absolute Gasteiger partial charge is 0.379 e. The van der Waals surface area contributed by atoms with Crippen molar-refractivity contribution in [1.29, 1.82) is 0 Å². The molecule has 0 aliphatic carbocycles. The SMILES string of the molecule is COc1cc(C(F)(F)C(=O)O)cc(OC)c1OC. The van der Waals surface area contributed by atoms with Crippen molar-refractivity contribution in [2.45, 2.75) is 5.92 Å². The second-order valence-electron chi connectivity index (χ2n) is 3.29. The number of rotatable bonds is 5. The number of hydrogen-bond donors (Lipinski definition) is 1. The monoisotopic (exact) mass is 262 g/mol. The zero-order chi connectivity index (χ0) is 13.9. The Kier molecular flexibility index (Phi) is 3.95. The molecule has 0 aliphatic rings. The van der Waals surface area contributed by atoms with Gasteiger partial charge in [-0.1, -0.05) is 0 Å². The highest BCUT2D eigenvalue weighted by molar-refractivity contribution is 5.78. The number of aliphatic carboxylic acids is 1. The number of carboxylic acids is 1. The third kappa shape index (κ3) is 2.29. The summed E-state index contributed by atoms with van der Waals surface area (Å²) in [7, 11) is 3.81. The number of alkyl halides is 2. The van der Waals surface area contributed by atoms with Crippen LogP contribution in [0.4, 0.5) is 8.78 Å². The Balaban J connectivity index is 3.45. The van der Waals surface area contributed by atoms with Crippen LogP contribution in [-0.2, 0) is 10.7 Å². The first-order chi connectivity index (χ1) is 8.38. The molecule has 0 radical (unpaired) electrons. The third-order valence-electron chi connectivity index (χ3n) is 2.30. The lowest BCUT2D eigenvalue weighted by Gasteiger charge is -2.17. The van der Waals surface area contributed by atoms with E-state index in [4.69, 9.17) is 19.3 Å². The van der Waals surface area contributed by atoms with E-state index in [1.165, 1.54) is 21.3 Å². The Morgan fingerprint density at radius 2 is 1.56 bits per heavy atom. The number of carboxylic acid groups (broad SMARTS) is 1. The van der Waals surface area contributed by atoms with Gasteiger partial charge in [0.2, 0.25) is 5.75 Å². The molecule has 0 unspecified atom stereocenters.